The fourth-order valence-electron chi connectivity index (χ4n) is 4.19. The Morgan fingerprint density at radius 2 is 1.90 bits per heavy atom. The average Bonchev–Trinajstić information content (AvgIpc) is 3.05. The molecular formula is C28H29F2N7O2. The number of fused-ring (bicyclic) bond motifs is 1. The van der Waals surface area contributed by atoms with E-state index in [4.69, 9.17) is 15.9 Å². The number of hydrogen-bond acceptors (Lipinski definition) is 7. The molecule has 0 saturated carbocycles. The van der Waals surface area contributed by atoms with Crippen molar-refractivity contribution in [3.63, 3.8) is 0 Å². The third-order valence-corrected chi connectivity index (χ3v) is 6.04. The van der Waals surface area contributed by atoms with Gasteiger partial charge in [0.15, 0.2) is 0 Å². The van der Waals surface area contributed by atoms with Crippen LogP contribution in [0.5, 0.6) is 0 Å². The van der Waals surface area contributed by atoms with Crippen molar-refractivity contribution in [2.24, 2.45) is 15.7 Å². The standard InChI is InChI=1S/C28H29F2N7O2/c1-3-37(14-13-33-2)22-16-18(29)15-20(30)23(22)25(31)39-28(32)36-26-27(38)34-21-12-8-7-11-19(21)24(35-26)17-9-5-4-6-10-17/h4-12,15-16,26,31,33H,3,13-14H2,1-2H3,(H2,32,36)(H,34,38). The fraction of sp³-hybridized carbons (Fsp3) is 0.214. The Morgan fingerprint density at radius 3 is 2.62 bits per heavy atom. The summed E-state index contributed by atoms with van der Waals surface area (Å²) in [4.78, 5) is 23.4. The van der Waals surface area contributed by atoms with Crippen molar-refractivity contribution in [3.05, 3.63) is 95.1 Å². The van der Waals surface area contributed by atoms with E-state index in [1.54, 1.807) is 24.1 Å². The average molecular weight is 534 g/mol. The lowest BCUT2D eigenvalue weighted by atomic mass is 10.0. The first-order valence-electron chi connectivity index (χ1n) is 12.3. The van der Waals surface area contributed by atoms with Crippen LogP contribution in [0.3, 0.4) is 0 Å². The molecule has 3 aromatic rings. The van der Waals surface area contributed by atoms with Crippen LogP contribution in [0.1, 0.15) is 23.6 Å². The van der Waals surface area contributed by atoms with Gasteiger partial charge in [-0.1, -0.05) is 48.5 Å². The molecule has 0 fully saturated rings. The predicted octanol–water partition coefficient (Wildman–Crippen LogP) is 3.48. The fourth-order valence-corrected chi connectivity index (χ4v) is 4.19. The number of nitrogens with two attached hydrogens (primary N) is 1. The van der Waals surface area contributed by atoms with Gasteiger partial charge in [-0.2, -0.15) is 4.99 Å². The number of benzene rings is 3. The third-order valence-electron chi connectivity index (χ3n) is 6.04. The van der Waals surface area contributed by atoms with Crippen LogP contribution in [0.2, 0.25) is 0 Å². The number of ether oxygens (including phenoxy) is 1. The summed E-state index contributed by atoms with van der Waals surface area (Å²) in [5.41, 5.74) is 8.35. The Morgan fingerprint density at radius 1 is 1.18 bits per heavy atom. The first kappa shape index (κ1) is 27.4. The minimum Gasteiger partial charge on any atom is -0.407 e. The highest BCUT2D eigenvalue weighted by molar-refractivity contribution is 6.19. The first-order valence-corrected chi connectivity index (χ1v) is 12.3. The number of halogens is 2. The van der Waals surface area contributed by atoms with E-state index in [1.807, 2.05) is 49.4 Å². The van der Waals surface area contributed by atoms with Crippen LogP contribution < -0.4 is 21.3 Å². The molecule has 1 atom stereocenters. The molecule has 9 nitrogen and oxygen atoms in total. The van der Waals surface area contributed by atoms with E-state index in [0.29, 0.717) is 42.7 Å². The summed E-state index contributed by atoms with van der Waals surface area (Å²) >= 11 is 0. The number of anilines is 2. The topological polar surface area (TPSA) is 128 Å². The maximum absolute atomic E-state index is 14.9. The van der Waals surface area contributed by atoms with Crippen LogP contribution in [-0.2, 0) is 9.53 Å². The summed E-state index contributed by atoms with van der Waals surface area (Å²) in [5.74, 6) is -3.03. The summed E-state index contributed by atoms with van der Waals surface area (Å²) in [6, 6.07) is 17.7. The molecule has 0 saturated heterocycles. The highest BCUT2D eigenvalue weighted by Crippen LogP contribution is 2.27. The Kier molecular flexibility index (Phi) is 8.62. The van der Waals surface area contributed by atoms with Crippen LogP contribution in [0, 0.1) is 17.0 Å². The number of amidine groups is 1. The predicted molar refractivity (Wildman–Crippen MR) is 149 cm³/mol. The number of nitrogens with zero attached hydrogens (tertiary/aromatic N) is 3. The van der Waals surface area contributed by atoms with Crippen molar-refractivity contribution in [1.29, 1.82) is 5.41 Å². The molecule has 202 valence electrons. The van der Waals surface area contributed by atoms with E-state index in [0.717, 1.165) is 11.6 Å². The Balaban J connectivity index is 1.67. The Bertz CT molecular complexity index is 1430. The first-order chi connectivity index (χ1) is 18.8. The van der Waals surface area contributed by atoms with Crippen LogP contribution in [-0.4, -0.2) is 56.4 Å². The van der Waals surface area contributed by atoms with Crippen LogP contribution in [0.4, 0.5) is 20.2 Å². The molecule has 0 aliphatic carbocycles. The van der Waals surface area contributed by atoms with Gasteiger partial charge in [0, 0.05) is 36.8 Å². The van der Waals surface area contributed by atoms with Gasteiger partial charge in [0.05, 0.1) is 22.6 Å². The summed E-state index contributed by atoms with van der Waals surface area (Å²) in [6.07, 6.45) is -1.35. The maximum atomic E-state index is 14.9. The van der Waals surface area contributed by atoms with E-state index in [9.17, 15) is 13.6 Å². The number of carbonyl (C=O) groups excluding carboxylic acids is 1. The lowest BCUT2D eigenvalue weighted by Gasteiger charge is -2.26. The van der Waals surface area contributed by atoms with Gasteiger partial charge in [0.1, 0.15) is 11.6 Å². The molecule has 1 amide bonds. The van der Waals surface area contributed by atoms with E-state index in [-0.39, 0.29) is 11.3 Å². The van der Waals surface area contributed by atoms with E-state index in [2.05, 4.69) is 20.6 Å². The maximum Gasteiger partial charge on any atom is 0.291 e. The normalized spacial score (nSPS) is 15.1. The van der Waals surface area contributed by atoms with Crippen molar-refractivity contribution in [2.45, 2.75) is 13.1 Å². The molecule has 1 aliphatic rings. The van der Waals surface area contributed by atoms with Gasteiger partial charge in [-0.05, 0) is 26.1 Å². The number of likely N-dealkylation sites (N-methyl/N-ethyl adjacent to an activating group) is 2. The molecule has 0 spiro atoms. The quantitative estimate of drug-likeness (QED) is 0.260. The molecule has 3 aromatic carbocycles. The number of carbonyl (C=O) groups is 1. The Labute approximate surface area is 224 Å². The van der Waals surface area contributed by atoms with Crippen molar-refractivity contribution in [2.75, 3.05) is 36.9 Å². The smallest absolute Gasteiger partial charge is 0.291 e. The van der Waals surface area contributed by atoms with Crippen molar-refractivity contribution >= 4 is 34.9 Å². The van der Waals surface area contributed by atoms with Gasteiger partial charge < -0.3 is 26.0 Å². The zero-order chi connectivity index (χ0) is 27.9. The van der Waals surface area contributed by atoms with E-state index in [1.165, 1.54) is 0 Å². The SMILES string of the molecule is CCN(CCNC)c1cc(F)cc(F)c1C(=N)O/C(N)=N/C1N=C(c2ccccc2)c2ccccc2NC1=O. The minimum absolute atomic E-state index is 0.134. The van der Waals surface area contributed by atoms with Crippen LogP contribution in [0.25, 0.3) is 0 Å². The minimum atomic E-state index is -1.35. The molecule has 1 heterocycles. The van der Waals surface area contributed by atoms with Gasteiger partial charge in [0.2, 0.25) is 12.1 Å². The number of rotatable bonds is 8. The van der Waals surface area contributed by atoms with Gasteiger partial charge >= 0.3 is 0 Å². The molecule has 0 bridgehead atoms. The zero-order valence-electron chi connectivity index (χ0n) is 21.5. The number of benzodiazepines with no additional fused rings is 1. The Hall–Kier alpha value is -4.64. The lowest BCUT2D eigenvalue weighted by molar-refractivity contribution is -0.117. The van der Waals surface area contributed by atoms with Crippen LogP contribution >= 0.6 is 0 Å². The van der Waals surface area contributed by atoms with Crippen molar-refractivity contribution in [3.8, 4) is 0 Å². The van der Waals surface area contributed by atoms with Crippen molar-refractivity contribution < 1.29 is 18.3 Å². The summed E-state index contributed by atoms with van der Waals surface area (Å²) in [7, 11) is 1.76. The monoisotopic (exact) mass is 533 g/mol. The zero-order valence-corrected chi connectivity index (χ0v) is 21.5. The number of aliphatic imine (C=N–C) groups is 2. The second-order valence-corrected chi connectivity index (χ2v) is 8.62. The summed E-state index contributed by atoms with van der Waals surface area (Å²) in [6.45, 7) is 3.23. The number of nitrogens with one attached hydrogen (secondary N) is 3. The van der Waals surface area contributed by atoms with Crippen LogP contribution in [0.15, 0.2) is 76.7 Å². The number of para-hydroxylation sites is 1. The van der Waals surface area contributed by atoms with Gasteiger partial charge in [-0.25, -0.2) is 13.8 Å². The summed E-state index contributed by atoms with van der Waals surface area (Å²) < 4.78 is 34.4. The van der Waals surface area contributed by atoms with Gasteiger partial charge in [0.25, 0.3) is 11.9 Å². The second-order valence-electron chi connectivity index (χ2n) is 8.62. The summed E-state index contributed by atoms with van der Waals surface area (Å²) in [5, 5.41) is 14.2. The number of hydrogen-bond donors (Lipinski definition) is 4. The molecule has 4 rings (SSSR count). The molecule has 39 heavy (non-hydrogen) atoms. The molecule has 5 N–H and O–H groups in total. The molecule has 11 heteroatoms. The van der Waals surface area contributed by atoms with E-state index < -0.39 is 35.6 Å². The second kappa shape index (κ2) is 12.3. The molecular weight excluding hydrogens is 504 g/mol. The molecule has 1 aliphatic heterocycles. The highest BCUT2D eigenvalue weighted by Gasteiger charge is 2.27. The third kappa shape index (κ3) is 6.27. The molecule has 0 aromatic heterocycles. The lowest BCUT2D eigenvalue weighted by Crippen LogP contribution is -2.33. The van der Waals surface area contributed by atoms with Gasteiger partial charge in [-0.3, -0.25) is 10.2 Å². The molecule has 0 radical (unpaired) electrons. The largest absolute Gasteiger partial charge is 0.407 e. The van der Waals surface area contributed by atoms with E-state index >= 15 is 0 Å². The highest BCUT2D eigenvalue weighted by atomic mass is 19.1. The number of amides is 1. The van der Waals surface area contributed by atoms with Gasteiger partial charge in [-0.15, -0.1) is 0 Å². The van der Waals surface area contributed by atoms with Crippen molar-refractivity contribution in [1.82, 2.24) is 5.32 Å². The molecule has 1 unspecified atom stereocenters.